The van der Waals surface area contributed by atoms with Crippen molar-refractivity contribution in [3.63, 3.8) is 0 Å². The molecule has 0 spiro atoms. The number of nitrogens with two attached hydrogens (primary N) is 1. The molecule has 0 fully saturated rings. The zero-order valence-corrected chi connectivity index (χ0v) is 11.6. The van der Waals surface area contributed by atoms with E-state index >= 15 is 0 Å². The minimum atomic E-state index is -0.508. The zero-order valence-electron chi connectivity index (χ0n) is 9.35. The van der Waals surface area contributed by atoms with Crippen LogP contribution in [0.3, 0.4) is 0 Å². The molecular weight excluding hydrogens is 314 g/mol. The van der Waals surface area contributed by atoms with Gasteiger partial charge in [0.15, 0.2) is 11.6 Å². The van der Waals surface area contributed by atoms with E-state index in [4.69, 9.17) is 40.6 Å². The van der Waals surface area contributed by atoms with Crippen LogP contribution in [-0.4, -0.2) is 4.98 Å². The van der Waals surface area contributed by atoms with Crippen LogP contribution in [0.15, 0.2) is 24.3 Å². The van der Waals surface area contributed by atoms with Gasteiger partial charge in [-0.15, -0.1) is 0 Å². The quantitative estimate of drug-likeness (QED) is 0.585. The summed E-state index contributed by atoms with van der Waals surface area (Å²) in [4.78, 5) is 4.09. The lowest BCUT2D eigenvalue weighted by atomic mass is 10.3. The van der Waals surface area contributed by atoms with E-state index in [1.165, 1.54) is 24.3 Å². The molecule has 0 bridgehead atoms. The number of anilines is 3. The normalized spacial score (nSPS) is 10.4. The fourth-order valence-electron chi connectivity index (χ4n) is 1.37. The second-order valence-corrected chi connectivity index (χ2v) is 4.77. The number of hydrogen-bond donors (Lipinski definition) is 3. The number of nitrogen functional groups attached to an aromatic ring is 1. The van der Waals surface area contributed by atoms with Crippen molar-refractivity contribution in [2.24, 2.45) is 5.84 Å². The number of halogens is 4. The molecule has 0 aliphatic heterocycles. The van der Waals surface area contributed by atoms with Crippen LogP contribution < -0.4 is 16.6 Å². The summed E-state index contributed by atoms with van der Waals surface area (Å²) in [6.07, 6.45) is 0. The minimum Gasteiger partial charge on any atom is -0.339 e. The predicted octanol–water partition coefficient (Wildman–Crippen LogP) is 4.21. The van der Waals surface area contributed by atoms with Crippen molar-refractivity contribution in [1.29, 1.82) is 0 Å². The molecule has 0 aliphatic carbocycles. The Hall–Kier alpha value is -1.27. The van der Waals surface area contributed by atoms with Crippen molar-refractivity contribution in [2.75, 3.05) is 10.7 Å². The molecule has 1 aromatic carbocycles. The molecule has 19 heavy (non-hydrogen) atoms. The van der Waals surface area contributed by atoms with Crippen LogP contribution in [0.1, 0.15) is 0 Å². The lowest BCUT2D eigenvalue weighted by Crippen LogP contribution is -2.10. The highest BCUT2D eigenvalue weighted by Gasteiger charge is 2.09. The number of rotatable bonds is 3. The number of hydrogen-bond acceptors (Lipinski definition) is 4. The van der Waals surface area contributed by atoms with Crippen LogP contribution in [0.2, 0.25) is 15.1 Å². The molecule has 1 heterocycles. The number of nitrogens with one attached hydrogen (secondary N) is 2. The summed E-state index contributed by atoms with van der Waals surface area (Å²) in [5.74, 6) is 5.35. The molecule has 2 aromatic rings. The maximum Gasteiger partial charge on any atom is 0.161 e. The molecule has 100 valence electrons. The van der Waals surface area contributed by atoms with E-state index in [9.17, 15) is 4.39 Å². The smallest absolute Gasteiger partial charge is 0.161 e. The molecular formula is C11H8Cl3FN4. The lowest BCUT2D eigenvalue weighted by molar-refractivity contribution is 0.628. The van der Waals surface area contributed by atoms with E-state index < -0.39 is 5.82 Å². The summed E-state index contributed by atoms with van der Waals surface area (Å²) < 4.78 is 13.0. The molecule has 0 unspecified atom stereocenters. The first-order chi connectivity index (χ1) is 9.01. The van der Waals surface area contributed by atoms with Gasteiger partial charge < -0.3 is 10.7 Å². The van der Waals surface area contributed by atoms with Crippen LogP contribution in [0.5, 0.6) is 0 Å². The third-order valence-corrected chi connectivity index (χ3v) is 3.11. The monoisotopic (exact) mass is 320 g/mol. The van der Waals surface area contributed by atoms with Crippen molar-refractivity contribution >= 4 is 52.1 Å². The lowest BCUT2D eigenvalue weighted by Gasteiger charge is -2.11. The second-order valence-electron chi connectivity index (χ2n) is 3.55. The Bertz CT molecular complexity index is 621. The summed E-state index contributed by atoms with van der Waals surface area (Å²) in [7, 11) is 0. The van der Waals surface area contributed by atoms with Gasteiger partial charge in [-0.05, 0) is 24.3 Å². The molecule has 2 rings (SSSR count). The predicted molar refractivity (Wildman–Crippen MR) is 76.8 cm³/mol. The third kappa shape index (κ3) is 3.19. The largest absolute Gasteiger partial charge is 0.339 e. The van der Waals surface area contributed by atoms with Gasteiger partial charge in [-0.25, -0.2) is 15.2 Å². The summed E-state index contributed by atoms with van der Waals surface area (Å²) in [6, 6.07) is 5.64. The topological polar surface area (TPSA) is 63.0 Å². The molecule has 0 saturated heterocycles. The Morgan fingerprint density at radius 2 is 1.68 bits per heavy atom. The van der Waals surface area contributed by atoms with Crippen LogP contribution in [0.25, 0.3) is 0 Å². The first kappa shape index (κ1) is 14.1. The second kappa shape index (κ2) is 5.79. The van der Waals surface area contributed by atoms with Crippen molar-refractivity contribution in [3.8, 4) is 0 Å². The zero-order chi connectivity index (χ0) is 14.0. The average molecular weight is 322 g/mol. The van der Waals surface area contributed by atoms with Crippen LogP contribution in [-0.2, 0) is 0 Å². The summed E-state index contributed by atoms with van der Waals surface area (Å²) >= 11 is 17.5. The number of benzene rings is 1. The van der Waals surface area contributed by atoms with Gasteiger partial charge in [0.2, 0.25) is 0 Å². The molecule has 0 amide bonds. The maximum absolute atomic E-state index is 13.0. The number of hydrazine groups is 1. The number of pyridine rings is 1. The average Bonchev–Trinajstić information content (AvgIpc) is 2.37. The highest BCUT2D eigenvalue weighted by molar-refractivity contribution is 6.37. The highest BCUT2D eigenvalue weighted by Crippen LogP contribution is 2.31. The standard InChI is InChI=1S/C11H8Cl3FN4/c12-6-3-5(1-2-9(6)15)17-10-7(13)4-8(14)11(18-10)19-16/h1-4H,16H2,(H2,17,18,19). The van der Waals surface area contributed by atoms with E-state index in [0.717, 1.165) is 0 Å². The summed E-state index contributed by atoms with van der Waals surface area (Å²) in [6.45, 7) is 0. The Kier molecular flexibility index (Phi) is 4.31. The Morgan fingerprint density at radius 3 is 2.32 bits per heavy atom. The van der Waals surface area contributed by atoms with E-state index in [1.54, 1.807) is 0 Å². The van der Waals surface area contributed by atoms with Gasteiger partial charge in [-0.1, -0.05) is 34.8 Å². The fraction of sp³-hybridized carbons (Fsp3) is 0. The van der Waals surface area contributed by atoms with Gasteiger partial charge in [-0.2, -0.15) is 0 Å². The Morgan fingerprint density at radius 1 is 1.00 bits per heavy atom. The maximum atomic E-state index is 13.0. The van der Waals surface area contributed by atoms with Gasteiger partial charge in [-0.3, -0.25) is 0 Å². The molecule has 0 atom stereocenters. The van der Waals surface area contributed by atoms with Gasteiger partial charge in [0, 0.05) is 5.69 Å². The summed E-state index contributed by atoms with van der Waals surface area (Å²) in [5, 5.41) is 3.47. The van der Waals surface area contributed by atoms with Crippen LogP contribution in [0, 0.1) is 5.82 Å². The molecule has 0 aliphatic rings. The Labute approximate surface area is 123 Å². The Balaban J connectivity index is 2.34. The van der Waals surface area contributed by atoms with E-state index in [-0.39, 0.29) is 15.9 Å². The molecule has 4 N–H and O–H groups in total. The van der Waals surface area contributed by atoms with E-state index in [2.05, 4.69) is 15.7 Å². The fourth-order valence-corrected chi connectivity index (χ4v) is 2.01. The minimum absolute atomic E-state index is 0.00717. The van der Waals surface area contributed by atoms with Crippen molar-refractivity contribution < 1.29 is 4.39 Å². The van der Waals surface area contributed by atoms with Gasteiger partial charge >= 0.3 is 0 Å². The molecule has 1 aromatic heterocycles. The van der Waals surface area contributed by atoms with Crippen molar-refractivity contribution in [3.05, 3.63) is 45.2 Å². The van der Waals surface area contributed by atoms with Gasteiger partial charge in [0.25, 0.3) is 0 Å². The summed E-state index contributed by atoms with van der Waals surface area (Å²) in [5.41, 5.74) is 2.87. The SMILES string of the molecule is NNc1nc(Nc2ccc(F)c(Cl)c2)c(Cl)cc1Cl. The third-order valence-electron chi connectivity index (χ3n) is 2.25. The van der Waals surface area contributed by atoms with Crippen LogP contribution in [0.4, 0.5) is 21.7 Å². The number of aromatic nitrogens is 1. The van der Waals surface area contributed by atoms with Crippen molar-refractivity contribution in [2.45, 2.75) is 0 Å². The molecule has 0 saturated carbocycles. The first-order valence-corrected chi connectivity index (χ1v) is 6.19. The van der Waals surface area contributed by atoms with E-state index in [1.807, 2.05) is 0 Å². The van der Waals surface area contributed by atoms with Gasteiger partial charge in [0.1, 0.15) is 5.82 Å². The highest BCUT2D eigenvalue weighted by atomic mass is 35.5. The van der Waals surface area contributed by atoms with Gasteiger partial charge in [0.05, 0.1) is 15.1 Å². The molecule has 4 nitrogen and oxygen atoms in total. The van der Waals surface area contributed by atoms with Crippen LogP contribution >= 0.6 is 34.8 Å². The number of nitrogens with zero attached hydrogens (tertiary/aromatic N) is 1. The van der Waals surface area contributed by atoms with E-state index in [0.29, 0.717) is 16.5 Å². The molecule has 8 heteroatoms. The van der Waals surface area contributed by atoms with Crippen molar-refractivity contribution in [1.82, 2.24) is 4.98 Å². The first-order valence-electron chi connectivity index (χ1n) is 5.06. The molecule has 0 radical (unpaired) electrons.